The Hall–Kier alpha value is -1.03. The summed E-state index contributed by atoms with van der Waals surface area (Å²) in [5.41, 5.74) is 2.06. The lowest BCUT2D eigenvalue weighted by atomic mass is 10.1. The molecule has 0 aliphatic rings. The molecule has 0 aliphatic carbocycles. The van der Waals surface area contributed by atoms with Crippen molar-refractivity contribution in [3.8, 4) is 5.75 Å². The Morgan fingerprint density at radius 3 is 2.68 bits per heavy atom. The Kier molecular flexibility index (Phi) is 4.50. The number of hydrogen-bond acceptors (Lipinski definition) is 3. The summed E-state index contributed by atoms with van der Waals surface area (Å²) >= 11 is 7.91. The lowest BCUT2D eigenvalue weighted by Gasteiger charge is -2.15. The van der Waals surface area contributed by atoms with E-state index in [4.69, 9.17) is 11.6 Å². The molecule has 2 aromatic rings. The van der Waals surface area contributed by atoms with Crippen molar-refractivity contribution in [2.75, 3.05) is 0 Å². The van der Waals surface area contributed by atoms with Crippen molar-refractivity contribution in [3.05, 3.63) is 50.2 Å². The molecule has 1 unspecified atom stereocenters. The molecule has 2 rings (SSSR count). The highest BCUT2D eigenvalue weighted by atomic mass is 35.5. The molecule has 19 heavy (non-hydrogen) atoms. The Morgan fingerprint density at radius 2 is 2.11 bits per heavy atom. The first-order valence-electron chi connectivity index (χ1n) is 6.25. The van der Waals surface area contributed by atoms with Gasteiger partial charge in [0.2, 0.25) is 0 Å². The van der Waals surface area contributed by atoms with E-state index in [-0.39, 0.29) is 11.8 Å². The molecule has 2 N–H and O–H groups in total. The Bertz CT molecular complexity index is 559. The zero-order valence-corrected chi connectivity index (χ0v) is 12.9. The van der Waals surface area contributed by atoms with Crippen LogP contribution in [0, 0.1) is 13.8 Å². The van der Waals surface area contributed by atoms with Crippen LogP contribution in [0.4, 0.5) is 0 Å². The standard InChI is InChI=1S/C15H18ClNOS/c1-9-7-12(11(3)19-9)10(2)17-8-13-14(16)5-4-6-15(13)18/h4-7,10,17-18H,8H2,1-3H3. The predicted octanol–water partition coefficient (Wildman–Crippen LogP) is 4.57. The third-order valence-corrected chi connectivity index (χ3v) is 4.56. The zero-order chi connectivity index (χ0) is 14.0. The molecule has 0 radical (unpaired) electrons. The van der Waals surface area contributed by atoms with Gasteiger partial charge in [-0.3, -0.25) is 0 Å². The molecule has 102 valence electrons. The van der Waals surface area contributed by atoms with E-state index in [0.717, 1.165) is 5.56 Å². The summed E-state index contributed by atoms with van der Waals surface area (Å²) < 4.78 is 0. The van der Waals surface area contributed by atoms with Crippen LogP contribution in [0.1, 0.15) is 33.8 Å². The van der Waals surface area contributed by atoms with Gasteiger partial charge in [0.05, 0.1) is 0 Å². The van der Waals surface area contributed by atoms with Gasteiger partial charge in [-0.05, 0) is 44.5 Å². The number of benzene rings is 1. The van der Waals surface area contributed by atoms with Gasteiger partial charge >= 0.3 is 0 Å². The van der Waals surface area contributed by atoms with Gasteiger partial charge in [-0.2, -0.15) is 0 Å². The number of phenols is 1. The van der Waals surface area contributed by atoms with Gasteiger partial charge in [-0.15, -0.1) is 11.3 Å². The number of aromatic hydroxyl groups is 1. The van der Waals surface area contributed by atoms with E-state index in [1.54, 1.807) is 18.2 Å². The van der Waals surface area contributed by atoms with Crippen molar-refractivity contribution in [2.24, 2.45) is 0 Å². The second-order valence-electron chi connectivity index (χ2n) is 4.71. The van der Waals surface area contributed by atoms with Crippen molar-refractivity contribution in [3.63, 3.8) is 0 Å². The maximum Gasteiger partial charge on any atom is 0.121 e. The number of nitrogens with one attached hydrogen (secondary N) is 1. The fourth-order valence-electron chi connectivity index (χ4n) is 2.17. The van der Waals surface area contributed by atoms with E-state index in [1.165, 1.54) is 15.3 Å². The van der Waals surface area contributed by atoms with E-state index in [2.05, 4.69) is 32.2 Å². The average molecular weight is 296 g/mol. The number of rotatable bonds is 4. The van der Waals surface area contributed by atoms with Crippen molar-refractivity contribution in [2.45, 2.75) is 33.4 Å². The molecule has 1 heterocycles. The first-order chi connectivity index (χ1) is 8.99. The van der Waals surface area contributed by atoms with Gasteiger partial charge in [0.15, 0.2) is 0 Å². The minimum absolute atomic E-state index is 0.237. The average Bonchev–Trinajstić information content (AvgIpc) is 2.67. The largest absolute Gasteiger partial charge is 0.508 e. The number of hydrogen-bond donors (Lipinski definition) is 2. The topological polar surface area (TPSA) is 32.3 Å². The number of aryl methyl sites for hydroxylation is 2. The predicted molar refractivity (Wildman–Crippen MR) is 82.2 cm³/mol. The molecule has 1 aromatic heterocycles. The highest BCUT2D eigenvalue weighted by Gasteiger charge is 2.12. The van der Waals surface area contributed by atoms with Gasteiger partial charge in [-0.1, -0.05) is 17.7 Å². The van der Waals surface area contributed by atoms with Crippen LogP contribution in [-0.4, -0.2) is 5.11 Å². The van der Waals surface area contributed by atoms with Crippen LogP contribution >= 0.6 is 22.9 Å². The summed E-state index contributed by atoms with van der Waals surface area (Å²) in [6.45, 7) is 6.94. The van der Waals surface area contributed by atoms with Crippen LogP contribution in [0.25, 0.3) is 0 Å². The van der Waals surface area contributed by atoms with Crippen LogP contribution < -0.4 is 5.32 Å². The minimum Gasteiger partial charge on any atom is -0.508 e. The van der Waals surface area contributed by atoms with Crippen LogP contribution in [0.3, 0.4) is 0 Å². The van der Waals surface area contributed by atoms with Gasteiger partial charge in [0, 0.05) is 32.9 Å². The molecule has 0 spiro atoms. The van der Waals surface area contributed by atoms with Crippen molar-refractivity contribution in [1.29, 1.82) is 0 Å². The van der Waals surface area contributed by atoms with E-state index < -0.39 is 0 Å². The highest BCUT2D eigenvalue weighted by molar-refractivity contribution is 7.12. The fourth-order valence-corrected chi connectivity index (χ4v) is 3.43. The van der Waals surface area contributed by atoms with Crippen LogP contribution in [0.15, 0.2) is 24.3 Å². The summed E-state index contributed by atoms with van der Waals surface area (Å²) in [5, 5.41) is 13.8. The summed E-state index contributed by atoms with van der Waals surface area (Å²) in [7, 11) is 0. The smallest absolute Gasteiger partial charge is 0.121 e. The van der Waals surface area contributed by atoms with Gasteiger partial charge in [0.1, 0.15) is 5.75 Å². The normalized spacial score (nSPS) is 12.6. The first-order valence-corrected chi connectivity index (χ1v) is 7.45. The van der Waals surface area contributed by atoms with Crippen LogP contribution in [-0.2, 0) is 6.54 Å². The minimum atomic E-state index is 0.237. The third-order valence-electron chi connectivity index (χ3n) is 3.23. The molecule has 0 amide bonds. The fraction of sp³-hybridized carbons (Fsp3) is 0.333. The maximum absolute atomic E-state index is 9.81. The summed E-state index contributed by atoms with van der Waals surface area (Å²) in [4.78, 5) is 2.66. The van der Waals surface area contributed by atoms with E-state index in [0.29, 0.717) is 11.6 Å². The molecule has 0 saturated heterocycles. The molecule has 0 fully saturated rings. The molecular weight excluding hydrogens is 278 g/mol. The summed E-state index contributed by atoms with van der Waals surface area (Å²) in [5.74, 6) is 0.241. The molecule has 1 atom stereocenters. The molecule has 0 saturated carbocycles. The van der Waals surface area contributed by atoms with Crippen molar-refractivity contribution < 1.29 is 5.11 Å². The van der Waals surface area contributed by atoms with Gasteiger partial charge in [-0.25, -0.2) is 0 Å². The third kappa shape index (κ3) is 3.30. The quantitative estimate of drug-likeness (QED) is 0.865. The summed E-state index contributed by atoms with van der Waals surface area (Å²) in [6.07, 6.45) is 0. The second kappa shape index (κ2) is 5.95. The Morgan fingerprint density at radius 1 is 1.37 bits per heavy atom. The Labute approximate surface area is 123 Å². The van der Waals surface area contributed by atoms with E-state index in [1.807, 2.05) is 11.3 Å². The molecule has 2 nitrogen and oxygen atoms in total. The summed E-state index contributed by atoms with van der Waals surface area (Å²) in [6, 6.07) is 7.65. The lowest BCUT2D eigenvalue weighted by Crippen LogP contribution is -2.18. The van der Waals surface area contributed by atoms with Gasteiger partial charge in [0.25, 0.3) is 0 Å². The first kappa shape index (κ1) is 14.4. The number of thiophene rings is 1. The molecule has 0 bridgehead atoms. The SMILES string of the molecule is Cc1cc(C(C)NCc2c(O)cccc2Cl)c(C)s1. The molecular formula is C15H18ClNOS. The van der Waals surface area contributed by atoms with Crippen LogP contribution in [0.2, 0.25) is 5.02 Å². The maximum atomic E-state index is 9.81. The number of phenolic OH excluding ortho intramolecular Hbond substituents is 1. The van der Waals surface area contributed by atoms with Crippen LogP contribution in [0.5, 0.6) is 5.75 Å². The van der Waals surface area contributed by atoms with Gasteiger partial charge < -0.3 is 10.4 Å². The van der Waals surface area contributed by atoms with E-state index >= 15 is 0 Å². The lowest BCUT2D eigenvalue weighted by molar-refractivity contribution is 0.460. The van der Waals surface area contributed by atoms with E-state index in [9.17, 15) is 5.11 Å². The second-order valence-corrected chi connectivity index (χ2v) is 6.58. The zero-order valence-electron chi connectivity index (χ0n) is 11.3. The number of halogens is 1. The molecule has 0 aliphatic heterocycles. The Balaban J connectivity index is 2.08. The molecule has 4 heteroatoms. The highest BCUT2D eigenvalue weighted by Crippen LogP contribution is 2.28. The monoisotopic (exact) mass is 295 g/mol. The molecule has 1 aromatic carbocycles. The van der Waals surface area contributed by atoms with Crippen molar-refractivity contribution in [1.82, 2.24) is 5.32 Å². The van der Waals surface area contributed by atoms with Crippen molar-refractivity contribution >= 4 is 22.9 Å².